The van der Waals surface area contributed by atoms with Crippen molar-refractivity contribution in [2.75, 3.05) is 19.7 Å². The Morgan fingerprint density at radius 3 is 3.21 bits per heavy atom. The van der Waals surface area contributed by atoms with E-state index in [9.17, 15) is 9.18 Å². The molecule has 0 aromatic carbocycles. The maximum absolute atomic E-state index is 14.0. The Morgan fingerprint density at radius 1 is 1.36 bits per heavy atom. The van der Waals surface area contributed by atoms with Crippen LogP contribution in [0.25, 0.3) is 0 Å². The van der Waals surface area contributed by atoms with Crippen LogP contribution in [0, 0.1) is 5.82 Å². The van der Waals surface area contributed by atoms with Gasteiger partial charge in [-0.2, -0.15) is 5.10 Å². The fraction of sp³-hybridized carbons (Fsp3) is 0.474. The Balaban J connectivity index is 1.60. The largest absolute Gasteiger partial charge is 0.477 e. The second-order valence-electron chi connectivity index (χ2n) is 7.31. The molecule has 1 spiro atoms. The van der Waals surface area contributed by atoms with Gasteiger partial charge in [0, 0.05) is 37.5 Å². The van der Waals surface area contributed by atoms with Gasteiger partial charge in [0.15, 0.2) is 0 Å². The average Bonchev–Trinajstić information content (AvgIpc) is 3.35. The first-order valence-corrected chi connectivity index (χ1v) is 9.60. The monoisotopic (exact) mass is 384 g/mol. The van der Waals surface area contributed by atoms with Gasteiger partial charge in [-0.3, -0.25) is 4.79 Å². The minimum absolute atomic E-state index is 0.101. The fourth-order valence-corrected chi connectivity index (χ4v) is 4.23. The number of nitrogens with zero attached hydrogens (tertiary/aromatic N) is 5. The molecule has 5 rings (SSSR count). The molecule has 28 heavy (non-hydrogen) atoms. The summed E-state index contributed by atoms with van der Waals surface area (Å²) in [6.07, 6.45) is 9.35. The number of rotatable bonds is 0. The van der Waals surface area contributed by atoms with Gasteiger partial charge >= 0.3 is 0 Å². The zero-order valence-electron chi connectivity index (χ0n) is 15.3. The van der Waals surface area contributed by atoms with Crippen LogP contribution >= 0.6 is 0 Å². The van der Waals surface area contributed by atoms with E-state index < -0.39 is 5.66 Å². The number of hydrogen-bond acceptors (Lipinski definition) is 7. The maximum Gasteiger partial charge on any atom is 0.270 e. The van der Waals surface area contributed by atoms with Gasteiger partial charge in [-0.25, -0.2) is 19.4 Å². The molecule has 1 aromatic rings. The molecule has 2 atom stereocenters. The van der Waals surface area contributed by atoms with Crippen molar-refractivity contribution in [3.63, 3.8) is 0 Å². The predicted molar refractivity (Wildman–Crippen MR) is 100 cm³/mol. The van der Waals surface area contributed by atoms with Crippen molar-refractivity contribution in [1.29, 1.82) is 0 Å². The number of pyridine rings is 1. The number of hydrazone groups is 1. The topological polar surface area (TPSA) is 82.4 Å². The molecule has 4 aliphatic rings. The van der Waals surface area contributed by atoms with Crippen LogP contribution in [0.3, 0.4) is 0 Å². The average molecular weight is 384 g/mol. The summed E-state index contributed by atoms with van der Waals surface area (Å²) in [5, 5.41) is 8.85. The Hall–Kier alpha value is -2.97. The summed E-state index contributed by atoms with van der Waals surface area (Å²) in [6, 6.07) is 1.40. The molecule has 1 fully saturated rings. The molecule has 9 heteroatoms. The molecule has 5 heterocycles. The van der Waals surface area contributed by atoms with Crippen LogP contribution in [0.15, 0.2) is 34.6 Å². The third kappa shape index (κ3) is 2.64. The number of aliphatic imine (C=N–C) groups is 1. The third-order valence-electron chi connectivity index (χ3n) is 5.59. The van der Waals surface area contributed by atoms with E-state index in [1.807, 2.05) is 6.08 Å². The van der Waals surface area contributed by atoms with Crippen LogP contribution in [-0.2, 0) is 4.79 Å². The number of halogens is 1. The normalized spacial score (nSPS) is 28.8. The van der Waals surface area contributed by atoms with E-state index in [1.165, 1.54) is 12.3 Å². The van der Waals surface area contributed by atoms with Gasteiger partial charge in [0.2, 0.25) is 11.5 Å². The number of hydrogen-bond donors (Lipinski definition) is 1. The smallest absolute Gasteiger partial charge is 0.270 e. The summed E-state index contributed by atoms with van der Waals surface area (Å²) in [6.45, 7) is 1.60. The number of fused-ring (bicyclic) bond motifs is 4. The number of amides is 1. The van der Waals surface area contributed by atoms with Crippen LogP contribution in [-0.4, -0.2) is 58.2 Å². The molecule has 0 saturated carbocycles. The van der Waals surface area contributed by atoms with Crippen molar-refractivity contribution in [1.82, 2.24) is 20.2 Å². The predicted octanol–water partition coefficient (Wildman–Crippen LogP) is 1.57. The SMILES string of the molecule is O=C1NCCCOc2ncc(F)cc2[C@H]2CCCN2C2=NC13CC=NN3C=C2. The molecular weight excluding hydrogens is 363 g/mol. The van der Waals surface area contributed by atoms with Crippen LogP contribution < -0.4 is 10.1 Å². The van der Waals surface area contributed by atoms with Crippen LogP contribution in [0.5, 0.6) is 5.88 Å². The molecule has 2 bridgehead atoms. The van der Waals surface area contributed by atoms with E-state index in [0.29, 0.717) is 37.7 Å². The van der Waals surface area contributed by atoms with Crippen molar-refractivity contribution in [3.8, 4) is 5.88 Å². The summed E-state index contributed by atoms with van der Waals surface area (Å²) in [5.41, 5.74) is -0.360. The van der Waals surface area contributed by atoms with Crippen LogP contribution in [0.1, 0.15) is 37.3 Å². The Morgan fingerprint density at radius 2 is 2.29 bits per heavy atom. The standard InChI is InChI=1S/C19H21FN6O2/c20-13-11-14-15-3-1-8-25(15)16-4-9-26-19(24-16,5-7-23-26)18(27)21-6-2-10-28-17(14)22-12-13/h4,7,9,11-12,15H,1-3,5-6,8,10H2,(H,21,27)/t15-,19?/m1/s1. The van der Waals surface area contributed by atoms with Crippen LogP contribution in [0.2, 0.25) is 0 Å². The number of amidine groups is 1. The second kappa shape index (κ2) is 6.57. The van der Waals surface area contributed by atoms with Crippen molar-refractivity contribution in [2.24, 2.45) is 10.1 Å². The van der Waals surface area contributed by atoms with E-state index in [-0.39, 0.29) is 17.8 Å². The molecular formula is C19H21FN6O2. The highest BCUT2D eigenvalue weighted by molar-refractivity contribution is 6.00. The molecule has 1 unspecified atom stereocenters. The van der Waals surface area contributed by atoms with Gasteiger partial charge in [0.1, 0.15) is 11.7 Å². The summed E-state index contributed by atoms with van der Waals surface area (Å²) in [7, 11) is 0. The number of aromatic nitrogens is 1. The Bertz CT molecular complexity index is 900. The number of nitrogens with one attached hydrogen (secondary N) is 1. The number of carbonyl (C=O) groups is 1. The Labute approximate surface area is 161 Å². The summed E-state index contributed by atoms with van der Waals surface area (Å²) >= 11 is 0. The van der Waals surface area contributed by atoms with Gasteiger partial charge in [0.25, 0.3) is 5.91 Å². The van der Waals surface area contributed by atoms with Gasteiger partial charge < -0.3 is 15.0 Å². The lowest BCUT2D eigenvalue weighted by Crippen LogP contribution is -2.54. The molecule has 0 aliphatic carbocycles. The third-order valence-corrected chi connectivity index (χ3v) is 5.59. The van der Waals surface area contributed by atoms with Crippen molar-refractivity contribution < 1.29 is 13.9 Å². The van der Waals surface area contributed by atoms with Gasteiger partial charge in [-0.05, 0) is 31.4 Å². The number of carbonyl (C=O) groups excluding carboxylic acids is 1. The van der Waals surface area contributed by atoms with E-state index in [0.717, 1.165) is 24.9 Å². The maximum atomic E-state index is 14.0. The van der Waals surface area contributed by atoms with E-state index >= 15 is 0 Å². The first-order chi connectivity index (χ1) is 13.7. The summed E-state index contributed by atoms with van der Waals surface area (Å²) in [4.78, 5) is 24.1. The fourth-order valence-electron chi connectivity index (χ4n) is 4.23. The van der Waals surface area contributed by atoms with Crippen molar-refractivity contribution >= 4 is 18.0 Å². The van der Waals surface area contributed by atoms with Crippen molar-refractivity contribution in [3.05, 3.63) is 35.9 Å². The van der Waals surface area contributed by atoms with Crippen LogP contribution in [0.4, 0.5) is 4.39 Å². The van der Waals surface area contributed by atoms with E-state index in [2.05, 4.69) is 20.3 Å². The molecule has 1 amide bonds. The minimum Gasteiger partial charge on any atom is -0.477 e. The molecule has 0 radical (unpaired) electrons. The van der Waals surface area contributed by atoms with Gasteiger partial charge in [0.05, 0.1) is 18.8 Å². The van der Waals surface area contributed by atoms with Crippen molar-refractivity contribution in [2.45, 2.75) is 37.4 Å². The second-order valence-corrected chi connectivity index (χ2v) is 7.31. The highest BCUT2D eigenvalue weighted by Crippen LogP contribution is 2.39. The molecule has 1 N–H and O–H groups in total. The van der Waals surface area contributed by atoms with Gasteiger partial charge in [-0.1, -0.05) is 0 Å². The number of ether oxygens (including phenoxy) is 1. The first-order valence-electron chi connectivity index (χ1n) is 9.60. The molecule has 4 aliphatic heterocycles. The molecule has 8 nitrogen and oxygen atoms in total. The highest BCUT2D eigenvalue weighted by atomic mass is 19.1. The molecule has 146 valence electrons. The van der Waals surface area contributed by atoms with E-state index in [1.54, 1.807) is 17.4 Å². The highest BCUT2D eigenvalue weighted by Gasteiger charge is 2.48. The van der Waals surface area contributed by atoms with Gasteiger partial charge in [-0.15, -0.1) is 0 Å². The summed E-state index contributed by atoms with van der Waals surface area (Å²) < 4.78 is 19.8. The molecule has 1 saturated heterocycles. The molecule has 1 aromatic heterocycles. The minimum atomic E-state index is -1.09. The lowest BCUT2D eigenvalue weighted by molar-refractivity contribution is -0.130. The Kier molecular flexibility index (Phi) is 4.03. The zero-order chi connectivity index (χ0) is 19.1. The first kappa shape index (κ1) is 17.2. The zero-order valence-corrected chi connectivity index (χ0v) is 15.3. The lowest BCUT2D eigenvalue weighted by atomic mass is 10.0. The lowest BCUT2D eigenvalue weighted by Gasteiger charge is -2.36. The van der Waals surface area contributed by atoms with E-state index in [4.69, 9.17) is 9.73 Å². The summed E-state index contributed by atoms with van der Waals surface area (Å²) in [5.74, 6) is 0.588. The quantitative estimate of drug-likeness (QED) is 0.734.